The van der Waals surface area contributed by atoms with Gasteiger partial charge >= 0.3 is 0 Å². The van der Waals surface area contributed by atoms with Crippen LogP contribution < -0.4 is 4.74 Å². The first-order valence-electron chi connectivity index (χ1n) is 7.58. The lowest BCUT2D eigenvalue weighted by Gasteiger charge is -2.33. The lowest BCUT2D eigenvalue weighted by Crippen LogP contribution is -2.38. The Morgan fingerprint density at radius 3 is 2.81 bits per heavy atom. The Bertz CT molecular complexity index is 504. The molecular formula is C17H24FNO2. The zero-order chi connectivity index (χ0) is 15.4. The van der Waals surface area contributed by atoms with Crippen molar-refractivity contribution in [3.63, 3.8) is 0 Å². The molecule has 0 heterocycles. The minimum absolute atomic E-state index is 0.0442. The van der Waals surface area contributed by atoms with E-state index in [1.54, 1.807) is 6.07 Å². The van der Waals surface area contributed by atoms with Crippen molar-refractivity contribution in [2.45, 2.75) is 38.6 Å². The summed E-state index contributed by atoms with van der Waals surface area (Å²) in [6.45, 7) is 2.60. The Balaban J connectivity index is 1.98. The number of rotatable bonds is 5. The quantitative estimate of drug-likeness (QED) is 0.778. The van der Waals surface area contributed by atoms with Gasteiger partial charge in [-0.1, -0.05) is 19.8 Å². The molecule has 2 rings (SSSR count). The van der Waals surface area contributed by atoms with Gasteiger partial charge in [-0.3, -0.25) is 9.69 Å². The van der Waals surface area contributed by atoms with Gasteiger partial charge in [-0.05, 0) is 44.0 Å². The summed E-state index contributed by atoms with van der Waals surface area (Å²) in [5.41, 5.74) is 0.406. The van der Waals surface area contributed by atoms with Gasteiger partial charge in [-0.25, -0.2) is 4.39 Å². The second kappa shape index (κ2) is 7.03. The number of hydrogen-bond acceptors (Lipinski definition) is 3. The van der Waals surface area contributed by atoms with Gasteiger partial charge in [0.1, 0.15) is 0 Å². The second-order valence-electron chi connectivity index (χ2n) is 6.11. The highest BCUT2D eigenvalue weighted by Crippen LogP contribution is 2.27. The second-order valence-corrected chi connectivity index (χ2v) is 6.11. The van der Waals surface area contributed by atoms with E-state index < -0.39 is 5.82 Å². The van der Waals surface area contributed by atoms with E-state index in [0.29, 0.717) is 18.2 Å². The Hall–Kier alpha value is -1.42. The SMILES string of the molecule is COc1ccc(C(=O)CN(C)C2CCCC(C)C2)cc1F. The van der Waals surface area contributed by atoms with Gasteiger partial charge in [0.25, 0.3) is 0 Å². The van der Waals surface area contributed by atoms with Crippen LogP contribution in [0.25, 0.3) is 0 Å². The third-order valence-electron chi connectivity index (χ3n) is 4.40. The average Bonchev–Trinajstić information content (AvgIpc) is 2.47. The molecule has 1 aromatic carbocycles. The van der Waals surface area contributed by atoms with Crippen molar-refractivity contribution in [2.75, 3.05) is 20.7 Å². The molecule has 1 saturated carbocycles. The van der Waals surface area contributed by atoms with Crippen LogP contribution in [0.2, 0.25) is 0 Å². The molecule has 0 bridgehead atoms. The highest BCUT2D eigenvalue weighted by Gasteiger charge is 2.24. The van der Waals surface area contributed by atoms with Gasteiger partial charge in [-0.2, -0.15) is 0 Å². The van der Waals surface area contributed by atoms with Crippen LogP contribution in [0.15, 0.2) is 18.2 Å². The number of Topliss-reactive ketones (excluding diaryl/α,β-unsaturated/α-hetero) is 1. The zero-order valence-corrected chi connectivity index (χ0v) is 13.1. The van der Waals surface area contributed by atoms with Gasteiger partial charge in [0, 0.05) is 11.6 Å². The van der Waals surface area contributed by atoms with Gasteiger partial charge in [0.2, 0.25) is 0 Å². The number of methoxy groups -OCH3 is 1. The molecule has 0 amide bonds. The molecule has 116 valence electrons. The highest BCUT2D eigenvalue weighted by molar-refractivity contribution is 5.97. The molecule has 2 unspecified atom stereocenters. The molecule has 4 heteroatoms. The maximum atomic E-state index is 13.7. The first kappa shape index (κ1) is 16.0. The minimum Gasteiger partial charge on any atom is -0.494 e. The molecule has 1 aliphatic carbocycles. The van der Waals surface area contributed by atoms with E-state index in [1.807, 2.05) is 7.05 Å². The molecule has 0 radical (unpaired) electrons. The molecule has 3 nitrogen and oxygen atoms in total. The van der Waals surface area contributed by atoms with Gasteiger partial charge in [0.15, 0.2) is 17.3 Å². The van der Waals surface area contributed by atoms with E-state index in [4.69, 9.17) is 4.74 Å². The summed E-state index contributed by atoms with van der Waals surface area (Å²) in [6.07, 6.45) is 4.79. The Morgan fingerprint density at radius 2 is 2.19 bits per heavy atom. The monoisotopic (exact) mass is 293 g/mol. The maximum Gasteiger partial charge on any atom is 0.176 e. The fourth-order valence-electron chi connectivity index (χ4n) is 3.09. The van der Waals surface area contributed by atoms with E-state index >= 15 is 0 Å². The molecule has 0 N–H and O–H groups in total. The highest BCUT2D eigenvalue weighted by atomic mass is 19.1. The lowest BCUT2D eigenvalue weighted by molar-refractivity contribution is 0.0882. The Labute approximate surface area is 126 Å². The van der Waals surface area contributed by atoms with Gasteiger partial charge in [-0.15, -0.1) is 0 Å². The third kappa shape index (κ3) is 4.03. The lowest BCUT2D eigenvalue weighted by atomic mass is 9.86. The van der Waals surface area contributed by atoms with Crippen molar-refractivity contribution in [2.24, 2.45) is 5.92 Å². The third-order valence-corrected chi connectivity index (χ3v) is 4.40. The number of carbonyl (C=O) groups is 1. The summed E-state index contributed by atoms with van der Waals surface area (Å²) in [4.78, 5) is 14.4. The predicted octanol–water partition coefficient (Wildman–Crippen LogP) is 3.53. The predicted molar refractivity (Wildman–Crippen MR) is 81.3 cm³/mol. The van der Waals surface area contributed by atoms with Crippen LogP contribution in [0.1, 0.15) is 43.0 Å². The molecule has 2 atom stereocenters. The summed E-state index contributed by atoms with van der Waals surface area (Å²) in [5.74, 6) is 0.357. The van der Waals surface area contributed by atoms with Crippen molar-refractivity contribution in [3.8, 4) is 5.75 Å². The van der Waals surface area contributed by atoms with Crippen LogP contribution in [0.5, 0.6) is 5.75 Å². The summed E-state index contributed by atoms with van der Waals surface area (Å²) in [7, 11) is 3.40. The summed E-state index contributed by atoms with van der Waals surface area (Å²) >= 11 is 0. The van der Waals surface area contributed by atoms with Crippen molar-refractivity contribution in [3.05, 3.63) is 29.6 Å². The topological polar surface area (TPSA) is 29.5 Å². The number of ketones is 1. The first-order chi connectivity index (χ1) is 10.0. The summed E-state index contributed by atoms with van der Waals surface area (Å²) < 4.78 is 18.5. The molecule has 0 saturated heterocycles. The standard InChI is InChI=1S/C17H24FNO2/c1-12-5-4-6-14(9-12)19(2)11-16(20)13-7-8-17(21-3)15(18)10-13/h7-8,10,12,14H,4-6,9,11H2,1-3H3. The van der Waals surface area contributed by atoms with Crippen LogP contribution in [-0.2, 0) is 0 Å². The number of hydrogen-bond donors (Lipinski definition) is 0. The molecule has 0 aliphatic heterocycles. The van der Waals surface area contributed by atoms with Crippen molar-refractivity contribution in [1.82, 2.24) is 4.90 Å². The van der Waals surface area contributed by atoms with Crippen LogP contribution in [-0.4, -0.2) is 37.4 Å². The number of nitrogens with zero attached hydrogens (tertiary/aromatic N) is 1. The van der Waals surface area contributed by atoms with Crippen LogP contribution in [0, 0.1) is 11.7 Å². The van der Waals surface area contributed by atoms with E-state index in [2.05, 4.69) is 11.8 Å². The van der Waals surface area contributed by atoms with Crippen LogP contribution in [0.3, 0.4) is 0 Å². The smallest absolute Gasteiger partial charge is 0.176 e. The number of carbonyl (C=O) groups excluding carboxylic acids is 1. The molecule has 1 aromatic rings. The number of benzene rings is 1. The average molecular weight is 293 g/mol. The normalized spacial score (nSPS) is 22.3. The minimum atomic E-state index is -0.489. The van der Waals surface area contributed by atoms with Crippen LogP contribution in [0.4, 0.5) is 4.39 Å². The van der Waals surface area contributed by atoms with Gasteiger partial charge < -0.3 is 4.74 Å². The molecule has 1 aliphatic rings. The van der Waals surface area contributed by atoms with E-state index in [0.717, 1.165) is 18.8 Å². The summed E-state index contributed by atoms with van der Waals surface area (Å²) in [5, 5.41) is 0. The number of ether oxygens (including phenoxy) is 1. The van der Waals surface area contributed by atoms with Crippen molar-refractivity contribution in [1.29, 1.82) is 0 Å². The summed E-state index contributed by atoms with van der Waals surface area (Å²) in [6, 6.07) is 4.85. The zero-order valence-electron chi connectivity index (χ0n) is 13.1. The first-order valence-corrected chi connectivity index (χ1v) is 7.58. The molecular weight excluding hydrogens is 269 g/mol. The molecule has 0 spiro atoms. The van der Waals surface area contributed by atoms with E-state index in [-0.39, 0.29) is 11.5 Å². The van der Waals surface area contributed by atoms with Gasteiger partial charge in [0.05, 0.1) is 13.7 Å². The fourth-order valence-corrected chi connectivity index (χ4v) is 3.09. The molecule has 0 aromatic heterocycles. The molecule has 1 fully saturated rings. The van der Waals surface area contributed by atoms with Crippen molar-refractivity contribution >= 4 is 5.78 Å². The fraction of sp³-hybridized carbons (Fsp3) is 0.588. The van der Waals surface area contributed by atoms with Crippen molar-refractivity contribution < 1.29 is 13.9 Å². The van der Waals surface area contributed by atoms with E-state index in [1.165, 1.54) is 32.1 Å². The van der Waals surface area contributed by atoms with Crippen LogP contribution >= 0.6 is 0 Å². The van der Waals surface area contributed by atoms with E-state index in [9.17, 15) is 9.18 Å². The molecule has 21 heavy (non-hydrogen) atoms. The number of likely N-dealkylation sites (N-methyl/N-ethyl adjacent to an activating group) is 1. The number of halogens is 1. The maximum absolute atomic E-state index is 13.7. The Morgan fingerprint density at radius 1 is 1.43 bits per heavy atom. The Kier molecular flexibility index (Phi) is 5.34. The largest absolute Gasteiger partial charge is 0.494 e.